The second-order valence-electron chi connectivity index (χ2n) is 3.47. The third-order valence-corrected chi connectivity index (χ3v) is 2.34. The highest BCUT2D eigenvalue weighted by molar-refractivity contribution is 5.37. The van der Waals surface area contributed by atoms with Crippen LogP contribution < -0.4 is 4.74 Å². The number of alkyl halides is 2. The highest BCUT2D eigenvalue weighted by Gasteiger charge is 2.29. The Bertz CT molecular complexity index is 334. The van der Waals surface area contributed by atoms with Crippen LogP contribution in [-0.4, -0.2) is 6.61 Å². The molecule has 0 amide bonds. The Morgan fingerprint density at radius 2 is 1.93 bits per heavy atom. The second-order valence-corrected chi connectivity index (χ2v) is 3.47. The SMILES string of the molecule is CCOc1ccc(C(F)(F)CC)cc1C. The lowest BCUT2D eigenvalue weighted by molar-refractivity contribution is -0.00837. The summed E-state index contributed by atoms with van der Waals surface area (Å²) in [6, 6.07) is 4.54. The van der Waals surface area contributed by atoms with Crippen LogP contribution in [0.2, 0.25) is 0 Å². The first-order valence-electron chi connectivity index (χ1n) is 5.13. The van der Waals surface area contributed by atoms with Crippen LogP contribution in [0.4, 0.5) is 8.78 Å². The molecule has 0 unspecified atom stereocenters. The molecular formula is C12H16F2O. The quantitative estimate of drug-likeness (QED) is 0.738. The molecule has 1 rings (SSSR count). The fraction of sp³-hybridized carbons (Fsp3) is 0.500. The van der Waals surface area contributed by atoms with Gasteiger partial charge in [0.15, 0.2) is 0 Å². The summed E-state index contributed by atoms with van der Waals surface area (Å²) in [4.78, 5) is 0. The van der Waals surface area contributed by atoms with E-state index < -0.39 is 5.92 Å². The number of halogens is 2. The average Bonchev–Trinajstić information content (AvgIpc) is 2.21. The summed E-state index contributed by atoms with van der Waals surface area (Å²) in [6.45, 7) is 5.67. The zero-order chi connectivity index (χ0) is 11.5. The van der Waals surface area contributed by atoms with Crippen LogP contribution in [-0.2, 0) is 5.92 Å². The number of benzene rings is 1. The van der Waals surface area contributed by atoms with Crippen LogP contribution in [0.3, 0.4) is 0 Å². The molecule has 0 heterocycles. The molecule has 0 bridgehead atoms. The van der Waals surface area contributed by atoms with Gasteiger partial charge in [0, 0.05) is 12.0 Å². The molecule has 0 atom stereocenters. The predicted molar refractivity (Wildman–Crippen MR) is 56.5 cm³/mol. The van der Waals surface area contributed by atoms with Crippen molar-refractivity contribution in [1.29, 1.82) is 0 Å². The Morgan fingerprint density at radius 1 is 1.27 bits per heavy atom. The van der Waals surface area contributed by atoms with Crippen LogP contribution in [0.25, 0.3) is 0 Å². The molecule has 15 heavy (non-hydrogen) atoms. The standard InChI is InChI=1S/C12H16F2O/c1-4-12(13,14)10-6-7-11(15-5-2)9(3)8-10/h6-8H,4-5H2,1-3H3. The summed E-state index contributed by atoms with van der Waals surface area (Å²) < 4.78 is 32.0. The topological polar surface area (TPSA) is 9.23 Å². The molecule has 0 spiro atoms. The fourth-order valence-electron chi connectivity index (χ4n) is 1.40. The number of hydrogen-bond donors (Lipinski definition) is 0. The Labute approximate surface area is 89.1 Å². The van der Waals surface area contributed by atoms with Crippen molar-refractivity contribution >= 4 is 0 Å². The smallest absolute Gasteiger partial charge is 0.273 e. The molecular weight excluding hydrogens is 198 g/mol. The Balaban J connectivity index is 3.01. The molecule has 0 radical (unpaired) electrons. The maximum absolute atomic E-state index is 13.3. The van der Waals surface area contributed by atoms with Crippen molar-refractivity contribution in [3.63, 3.8) is 0 Å². The van der Waals surface area contributed by atoms with Gasteiger partial charge in [-0.2, -0.15) is 0 Å². The Kier molecular flexibility index (Phi) is 3.66. The van der Waals surface area contributed by atoms with Gasteiger partial charge < -0.3 is 4.74 Å². The summed E-state index contributed by atoms with van der Waals surface area (Å²) in [5, 5.41) is 0. The Hall–Kier alpha value is -1.12. The fourth-order valence-corrected chi connectivity index (χ4v) is 1.40. The monoisotopic (exact) mass is 214 g/mol. The first-order valence-corrected chi connectivity index (χ1v) is 5.13. The van der Waals surface area contributed by atoms with Gasteiger partial charge in [-0.1, -0.05) is 6.92 Å². The van der Waals surface area contributed by atoms with Gasteiger partial charge in [-0.25, -0.2) is 8.78 Å². The van der Waals surface area contributed by atoms with Crippen LogP contribution in [0.5, 0.6) is 5.75 Å². The van der Waals surface area contributed by atoms with E-state index in [-0.39, 0.29) is 12.0 Å². The van der Waals surface area contributed by atoms with Gasteiger partial charge in [-0.05, 0) is 37.6 Å². The van der Waals surface area contributed by atoms with Crippen molar-refractivity contribution in [2.75, 3.05) is 6.61 Å². The molecule has 0 aliphatic rings. The van der Waals surface area contributed by atoms with Gasteiger partial charge in [-0.15, -0.1) is 0 Å². The van der Waals surface area contributed by atoms with E-state index in [0.717, 1.165) is 5.56 Å². The lowest BCUT2D eigenvalue weighted by Gasteiger charge is -2.16. The maximum atomic E-state index is 13.3. The average molecular weight is 214 g/mol. The zero-order valence-electron chi connectivity index (χ0n) is 9.31. The van der Waals surface area contributed by atoms with E-state index in [1.807, 2.05) is 6.92 Å². The van der Waals surface area contributed by atoms with Gasteiger partial charge in [-0.3, -0.25) is 0 Å². The van der Waals surface area contributed by atoms with E-state index >= 15 is 0 Å². The maximum Gasteiger partial charge on any atom is 0.273 e. The van der Waals surface area contributed by atoms with Crippen molar-refractivity contribution < 1.29 is 13.5 Å². The summed E-state index contributed by atoms with van der Waals surface area (Å²) >= 11 is 0. The van der Waals surface area contributed by atoms with E-state index in [9.17, 15) is 8.78 Å². The van der Waals surface area contributed by atoms with E-state index in [2.05, 4.69) is 0 Å². The molecule has 0 aromatic heterocycles. The predicted octanol–water partition coefficient (Wildman–Crippen LogP) is 3.90. The zero-order valence-corrected chi connectivity index (χ0v) is 9.31. The van der Waals surface area contributed by atoms with Gasteiger partial charge in [0.25, 0.3) is 5.92 Å². The molecule has 0 aliphatic heterocycles. The minimum Gasteiger partial charge on any atom is -0.494 e. The van der Waals surface area contributed by atoms with E-state index in [1.54, 1.807) is 13.0 Å². The minimum absolute atomic E-state index is 0.0611. The summed E-state index contributed by atoms with van der Waals surface area (Å²) in [5.74, 6) is -2.07. The first kappa shape index (κ1) is 12.0. The molecule has 1 aromatic carbocycles. The first-order chi connectivity index (χ1) is 7.01. The highest BCUT2D eigenvalue weighted by Crippen LogP contribution is 2.33. The minimum atomic E-state index is -2.74. The van der Waals surface area contributed by atoms with Crippen molar-refractivity contribution in [3.05, 3.63) is 29.3 Å². The lowest BCUT2D eigenvalue weighted by atomic mass is 10.0. The molecule has 3 heteroatoms. The molecule has 1 aromatic rings. The molecule has 0 saturated heterocycles. The van der Waals surface area contributed by atoms with Crippen molar-refractivity contribution in [2.45, 2.75) is 33.1 Å². The largest absolute Gasteiger partial charge is 0.494 e. The van der Waals surface area contributed by atoms with E-state index in [1.165, 1.54) is 19.1 Å². The number of rotatable bonds is 4. The normalized spacial score (nSPS) is 11.5. The summed E-state index contributed by atoms with van der Waals surface area (Å²) in [7, 11) is 0. The Morgan fingerprint density at radius 3 is 2.40 bits per heavy atom. The molecule has 0 N–H and O–H groups in total. The van der Waals surface area contributed by atoms with Gasteiger partial charge in [0.2, 0.25) is 0 Å². The van der Waals surface area contributed by atoms with E-state index in [4.69, 9.17) is 4.74 Å². The molecule has 84 valence electrons. The van der Waals surface area contributed by atoms with Crippen LogP contribution in [0.1, 0.15) is 31.4 Å². The highest BCUT2D eigenvalue weighted by atomic mass is 19.3. The van der Waals surface area contributed by atoms with Crippen LogP contribution >= 0.6 is 0 Å². The number of hydrogen-bond acceptors (Lipinski definition) is 1. The second kappa shape index (κ2) is 4.60. The van der Waals surface area contributed by atoms with Gasteiger partial charge in [0.1, 0.15) is 5.75 Å². The van der Waals surface area contributed by atoms with Crippen molar-refractivity contribution in [2.24, 2.45) is 0 Å². The third kappa shape index (κ3) is 2.67. The van der Waals surface area contributed by atoms with E-state index in [0.29, 0.717) is 12.4 Å². The van der Waals surface area contributed by atoms with Crippen LogP contribution in [0, 0.1) is 6.92 Å². The molecule has 1 nitrogen and oxygen atoms in total. The summed E-state index contributed by atoms with van der Waals surface area (Å²) in [6.07, 6.45) is -0.180. The molecule has 0 saturated carbocycles. The number of ether oxygens (including phenoxy) is 1. The van der Waals surface area contributed by atoms with Crippen LogP contribution in [0.15, 0.2) is 18.2 Å². The third-order valence-electron chi connectivity index (χ3n) is 2.34. The van der Waals surface area contributed by atoms with Crippen molar-refractivity contribution in [1.82, 2.24) is 0 Å². The van der Waals surface area contributed by atoms with Gasteiger partial charge >= 0.3 is 0 Å². The lowest BCUT2D eigenvalue weighted by Crippen LogP contribution is -2.11. The molecule has 0 aliphatic carbocycles. The van der Waals surface area contributed by atoms with Gasteiger partial charge in [0.05, 0.1) is 6.61 Å². The number of aryl methyl sites for hydroxylation is 1. The van der Waals surface area contributed by atoms with Crippen molar-refractivity contribution in [3.8, 4) is 5.75 Å². The molecule has 0 fully saturated rings. The summed E-state index contributed by atoms with van der Waals surface area (Å²) in [5.41, 5.74) is 0.813.